The third kappa shape index (κ3) is 11.7. The molecule has 126 heavy (non-hydrogen) atoms. The zero-order valence-corrected chi connectivity index (χ0v) is 67.7. The largest absolute Gasteiger partial charge is 0.309 e. The lowest BCUT2D eigenvalue weighted by Gasteiger charge is -2.13. The van der Waals surface area contributed by atoms with Crippen LogP contribution in [0.25, 0.3) is 233 Å². The van der Waals surface area contributed by atoms with Crippen LogP contribution in [0.2, 0.25) is 0 Å². The van der Waals surface area contributed by atoms with Crippen molar-refractivity contribution in [1.82, 2.24) is 67.3 Å². The summed E-state index contributed by atoms with van der Waals surface area (Å²) in [6.45, 7) is 0. The van der Waals surface area contributed by atoms with Gasteiger partial charge in [0.25, 0.3) is 0 Å². The third-order valence-corrected chi connectivity index (χ3v) is 24.7. The maximum Gasteiger partial charge on any atom is 0.235 e. The molecule has 0 saturated heterocycles. The SMILES string of the molecule is c1ccc(-c2cc(-c3ccccc3)nc(-n3c4ccccc4c4cc(-c5ccc6c7ccccc7n(-c7cccc(-n8c9cccnc9c9ncccc98)c7)c6c5)ccc43)n2)cc1.c1ccc(-c2cc(-c3ccccc3)nc(-n3c4ccccc4c4cc(-c5ccc6c7ccccc7n(-c7cncc(-n8c9ccccc9c9ncccc98)c7)c6c5)ccc43)n2)cc1. The summed E-state index contributed by atoms with van der Waals surface area (Å²) in [6, 6.07) is 139. The lowest BCUT2D eigenvalue weighted by atomic mass is 10.0. The van der Waals surface area contributed by atoms with Crippen LogP contribution in [0.4, 0.5) is 0 Å². The predicted octanol–water partition coefficient (Wildman–Crippen LogP) is 27.1. The molecule has 14 heteroatoms. The lowest BCUT2D eigenvalue weighted by molar-refractivity contribution is 0.995. The van der Waals surface area contributed by atoms with E-state index in [1.165, 1.54) is 21.5 Å². The maximum atomic E-state index is 5.24. The first-order chi connectivity index (χ1) is 62.5. The Balaban J connectivity index is 0.000000137. The van der Waals surface area contributed by atoms with Crippen molar-refractivity contribution in [2.45, 2.75) is 0 Å². The number of rotatable bonds is 12. The Morgan fingerprint density at radius 2 is 0.444 bits per heavy atom. The van der Waals surface area contributed by atoms with Gasteiger partial charge in [0.2, 0.25) is 11.9 Å². The van der Waals surface area contributed by atoms with E-state index in [-0.39, 0.29) is 0 Å². The number of para-hydroxylation sites is 5. The van der Waals surface area contributed by atoms with E-state index in [4.69, 9.17) is 39.9 Å². The van der Waals surface area contributed by atoms with Gasteiger partial charge in [0.05, 0.1) is 118 Å². The van der Waals surface area contributed by atoms with Gasteiger partial charge in [-0.15, -0.1) is 0 Å². The summed E-state index contributed by atoms with van der Waals surface area (Å²) in [7, 11) is 0. The van der Waals surface area contributed by atoms with Crippen LogP contribution in [0.5, 0.6) is 0 Å². The third-order valence-electron chi connectivity index (χ3n) is 24.7. The summed E-state index contributed by atoms with van der Waals surface area (Å²) in [4.78, 5) is 40.1. The second-order valence-electron chi connectivity index (χ2n) is 31.9. The van der Waals surface area contributed by atoms with E-state index in [0.29, 0.717) is 11.9 Å². The highest BCUT2D eigenvalue weighted by atomic mass is 15.2. The van der Waals surface area contributed by atoms with Gasteiger partial charge in [0, 0.05) is 101 Å². The molecule has 588 valence electrons. The molecule has 0 aliphatic carbocycles. The second-order valence-corrected chi connectivity index (χ2v) is 31.9. The van der Waals surface area contributed by atoms with Crippen LogP contribution >= 0.6 is 0 Å². The molecule has 12 aromatic heterocycles. The molecular formula is C112H70N14. The number of hydrogen-bond donors (Lipinski definition) is 0. The molecule has 0 aliphatic heterocycles. The molecule has 12 heterocycles. The van der Waals surface area contributed by atoms with Gasteiger partial charge in [-0.2, -0.15) is 0 Å². The van der Waals surface area contributed by atoms with Crippen molar-refractivity contribution in [2.24, 2.45) is 0 Å². The fourth-order valence-electron chi connectivity index (χ4n) is 19.1. The Kier molecular flexibility index (Phi) is 16.6. The first-order valence-corrected chi connectivity index (χ1v) is 42.3. The average Bonchev–Trinajstić information content (AvgIpc) is 1.58. The van der Waals surface area contributed by atoms with E-state index < -0.39 is 0 Å². The number of pyridine rings is 4. The van der Waals surface area contributed by atoms with Crippen LogP contribution in [-0.4, -0.2) is 67.3 Å². The molecular weight excluding hydrogens is 1540 g/mol. The first kappa shape index (κ1) is 71.5. The smallest absolute Gasteiger partial charge is 0.235 e. The first-order valence-electron chi connectivity index (χ1n) is 42.3. The molecule has 0 saturated carbocycles. The molecule has 14 nitrogen and oxygen atoms in total. The average molecular weight is 1610 g/mol. The van der Waals surface area contributed by atoms with Crippen molar-refractivity contribution in [3.05, 3.63) is 425 Å². The normalized spacial score (nSPS) is 11.8. The summed E-state index contributed by atoms with van der Waals surface area (Å²) in [6.07, 6.45) is 9.44. The highest BCUT2D eigenvalue weighted by molar-refractivity contribution is 6.16. The van der Waals surface area contributed by atoms with Crippen LogP contribution in [0.3, 0.4) is 0 Å². The Morgan fingerprint density at radius 1 is 0.159 bits per heavy atom. The molecule has 0 unspecified atom stereocenters. The van der Waals surface area contributed by atoms with E-state index in [1.807, 2.05) is 73.4 Å². The number of benzene rings is 14. The van der Waals surface area contributed by atoms with Gasteiger partial charge in [-0.1, -0.05) is 255 Å². The Bertz CT molecular complexity index is 8130. The zero-order chi connectivity index (χ0) is 82.9. The van der Waals surface area contributed by atoms with Crippen molar-refractivity contribution >= 4 is 131 Å². The molecule has 26 rings (SSSR count). The summed E-state index contributed by atoms with van der Waals surface area (Å²) in [5.74, 6) is 1.27. The number of aromatic nitrogens is 14. The number of fused-ring (bicyclic) bond motifs is 18. The van der Waals surface area contributed by atoms with Crippen LogP contribution in [0.1, 0.15) is 0 Å². The standard InChI is InChI=1S/2C56H35N7/c1-3-14-36(15-4-1)47-33-48(37-16-5-2-6-17-37)60-56(59-47)63-50-22-11-8-19-43(50)46-30-38(26-28-52(46)63)39-25-27-44-42-18-7-10-21-49(42)62(54(44)31-39)41-32-40(34-57-35-41)61-51-23-12-9-20-45(51)55-53(61)24-13-29-58-55;1-3-14-36(15-4-1)46-35-47(37-16-5-2-6-17-37)60-56(59-46)63-49-23-10-8-21-43(49)45-32-38(27-29-50(45)63)39-26-28-44-42-20-7-9-22-48(42)61(53(44)33-39)40-18-11-19-41(34-40)62-51-24-12-30-57-54(51)55-52(62)25-13-31-58-55/h2*1-35H. The van der Waals surface area contributed by atoms with E-state index in [9.17, 15) is 0 Å². The maximum absolute atomic E-state index is 5.24. The Labute approximate surface area is 721 Å². The Hall–Kier alpha value is -17.4. The minimum atomic E-state index is 0.633. The summed E-state index contributed by atoms with van der Waals surface area (Å²) in [5.41, 5.74) is 31.9. The minimum absolute atomic E-state index is 0.633. The van der Waals surface area contributed by atoms with E-state index in [1.54, 1.807) is 0 Å². The van der Waals surface area contributed by atoms with E-state index >= 15 is 0 Å². The van der Waals surface area contributed by atoms with Crippen molar-refractivity contribution in [3.63, 3.8) is 0 Å². The molecule has 0 spiro atoms. The van der Waals surface area contributed by atoms with Crippen LogP contribution < -0.4 is 0 Å². The van der Waals surface area contributed by atoms with Crippen LogP contribution in [0.15, 0.2) is 425 Å². The van der Waals surface area contributed by atoms with E-state index in [2.05, 4.69) is 379 Å². The monoisotopic (exact) mass is 1610 g/mol. The second kappa shape index (κ2) is 29.2. The highest BCUT2D eigenvalue weighted by Gasteiger charge is 2.25. The molecule has 0 amide bonds. The van der Waals surface area contributed by atoms with Gasteiger partial charge in [0.1, 0.15) is 11.0 Å². The summed E-state index contributed by atoms with van der Waals surface area (Å²) >= 11 is 0. The van der Waals surface area contributed by atoms with E-state index in [0.717, 1.165) is 200 Å². The number of hydrogen-bond acceptors (Lipinski definition) is 8. The Morgan fingerprint density at radius 3 is 0.865 bits per heavy atom. The van der Waals surface area contributed by atoms with Crippen LogP contribution in [0, 0.1) is 0 Å². The molecule has 0 atom stereocenters. The van der Waals surface area contributed by atoms with Crippen LogP contribution in [-0.2, 0) is 0 Å². The number of nitrogens with zero attached hydrogens (tertiary/aromatic N) is 14. The lowest BCUT2D eigenvalue weighted by Crippen LogP contribution is -2.04. The molecule has 0 aliphatic rings. The van der Waals surface area contributed by atoms with Crippen molar-refractivity contribution < 1.29 is 0 Å². The molecule has 0 N–H and O–H groups in total. The molecule has 0 bridgehead atoms. The molecule has 0 radical (unpaired) electrons. The van der Waals surface area contributed by atoms with Gasteiger partial charge in [0.15, 0.2) is 0 Å². The topological polar surface area (TPSA) is 133 Å². The molecule has 14 aromatic carbocycles. The van der Waals surface area contributed by atoms with Crippen molar-refractivity contribution in [3.8, 4) is 102 Å². The fourth-order valence-corrected chi connectivity index (χ4v) is 19.1. The van der Waals surface area contributed by atoms with Crippen molar-refractivity contribution in [1.29, 1.82) is 0 Å². The molecule has 0 fully saturated rings. The molecule has 26 aromatic rings. The minimum Gasteiger partial charge on any atom is -0.309 e. The highest BCUT2D eigenvalue weighted by Crippen LogP contribution is 2.44. The summed E-state index contributed by atoms with van der Waals surface area (Å²) in [5, 5.41) is 10.5. The fraction of sp³-hybridized carbons (Fsp3) is 0. The van der Waals surface area contributed by atoms with Gasteiger partial charge < -0.3 is 18.3 Å². The predicted molar refractivity (Wildman–Crippen MR) is 514 cm³/mol. The quantitative estimate of drug-likeness (QED) is 0.118. The zero-order valence-electron chi connectivity index (χ0n) is 67.7. The van der Waals surface area contributed by atoms with Gasteiger partial charge in [-0.3, -0.25) is 29.1 Å². The van der Waals surface area contributed by atoms with Gasteiger partial charge >= 0.3 is 0 Å². The van der Waals surface area contributed by atoms with Crippen molar-refractivity contribution in [2.75, 3.05) is 0 Å². The van der Waals surface area contributed by atoms with Gasteiger partial charge in [-0.25, -0.2) is 19.9 Å². The van der Waals surface area contributed by atoms with Gasteiger partial charge in [-0.05, 0) is 162 Å². The summed E-state index contributed by atoms with van der Waals surface area (Å²) < 4.78 is 13.7.